The zero-order valence-corrected chi connectivity index (χ0v) is 10.8. The zero-order chi connectivity index (χ0) is 12.7. The van der Waals surface area contributed by atoms with E-state index in [0.717, 1.165) is 10.2 Å². The highest BCUT2D eigenvalue weighted by Crippen LogP contribution is 2.15. The molecule has 0 aliphatic heterocycles. The number of hydrogen-bond donors (Lipinski definition) is 3. The van der Waals surface area contributed by atoms with E-state index in [1.165, 1.54) is 0 Å². The Morgan fingerprint density at radius 1 is 1.24 bits per heavy atom. The Balaban J connectivity index is 2.32. The standard InChI is InChI=1S/C11H14BrN3O2/c12-8-3-1-4-9(7-8)14-10(16)5-2-6-11(17)15-13/h1,3-4,7H,2,5-6,13H2,(H,14,16)(H,15,17). The molecule has 0 spiro atoms. The monoisotopic (exact) mass is 299 g/mol. The van der Waals surface area contributed by atoms with Gasteiger partial charge in [0.2, 0.25) is 11.8 Å². The summed E-state index contributed by atoms with van der Waals surface area (Å²) in [4.78, 5) is 22.3. The minimum Gasteiger partial charge on any atom is -0.326 e. The van der Waals surface area contributed by atoms with Crippen LogP contribution in [-0.2, 0) is 9.59 Å². The number of anilines is 1. The number of hydrazine groups is 1. The molecule has 0 aromatic heterocycles. The summed E-state index contributed by atoms with van der Waals surface area (Å²) in [5.74, 6) is 4.54. The number of halogens is 1. The van der Waals surface area contributed by atoms with Crippen molar-refractivity contribution >= 4 is 33.4 Å². The van der Waals surface area contributed by atoms with Crippen molar-refractivity contribution in [2.45, 2.75) is 19.3 Å². The zero-order valence-electron chi connectivity index (χ0n) is 9.20. The molecule has 0 saturated heterocycles. The van der Waals surface area contributed by atoms with E-state index in [9.17, 15) is 9.59 Å². The van der Waals surface area contributed by atoms with Crippen molar-refractivity contribution in [2.75, 3.05) is 5.32 Å². The SMILES string of the molecule is NNC(=O)CCCC(=O)Nc1cccc(Br)c1. The first-order chi connectivity index (χ1) is 8.11. The van der Waals surface area contributed by atoms with Crippen LogP contribution >= 0.6 is 15.9 Å². The Hall–Kier alpha value is -1.40. The number of carbonyl (C=O) groups excluding carboxylic acids is 2. The third-order valence-electron chi connectivity index (χ3n) is 2.08. The first-order valence-corrected chi connectivity index (χ1v) is 5.96. The quantitative estimate of drug-likeness (QED) is 0.438. The Morgan fingerprint density at radius 2 is 1.94 bits per heavy atom. The molecule has 0 saturated carbocycles. The maximum atomic E-state index is 11.5. The number of rotatable bonds is 5. The Bertz CT molecular complexity index is 409. The van der Waals surface area contributed by atoms with Crippen LogP contribution in [-0.4, -0.2) is 11.8 Å². The molecule has 5 nitrogen and oxygen atoms in total. The second-order valence-electron chi connectivity index (χ2n) is 3.48. The van der Waals surface area contributed by atoms with E-state index in [-0.39, 0.29) is 18.2 Å². The van der Waals surface area contributed by atoms with Crippen LogP contribution in [0.2, 0.25) is 0 Å². The predicted octanol–water partition coefficient (Wildman–Crippen LogP) is 1.55. The predicted molar refractivity (Wildman–Crippen MR) is 69.0 cm³/mol. The van der Waals surface area contributed by atoms with Crippen LogP contribution in [0.5, 0.6) is 0 Å². The van der Waals surface area contributed by atoms with E-state index < -0.39 is 0 Å². The summed E-state index contributed by atoms with van der Waals surface area (Å²) in [6.45, 7) is 0. The van der Waals surface area contributed by atoms with E-state index in [2.05, 4.69) is 21.2 Å². The van der Waals surface area contributed by atoms with Gasteiger partial charge in [-0.15, -0.1) is 0 Å². The molecule has 6 heteroatoms. The molecule has 4 N–H and O–H groups in total. The highest BCUT2D eigenvalue weighted by Gasteiger charge is 2.04. The molecule has 0 bridgehead atoms. The van der Waals surface area contributed by atoms with Gasteiger partial charge in [-0.1, -0.05) is 22.0 Å². The molecular formula is C11H14BrN3O2. The number of carbonyl (C=O) groups is 2. The van der Waals surface area contributed by atoms with Gasteiger partial charge < -0.3 is 5.32 Å². The van der Waals surface area contributed by atoms with Gasteiger partial charge in [-0.2, -0.15) is 0 Å². The van der Waals surface area contributed by atoms with Crippen LogP contribution < -0.4 is 16.6 Å². The highest BCUT2D eigenvalue weighted by atomic mass is 79.9. The van der Waals surface area contributed by atoms with Crippen molar-refractivity contribution in [2.24, 2.45) is 5.84 Å². The van der Waals surface area contributed by atoms with Gasteiger partial charge in [0.1, 0.15) is 0 Å². The smallest absolute Gasteiger partial charge is 0.233 e. The molecule has 1 aromatic carbocycles. The molecule has 2 amide bonds. The van der Waals surface area contributed by atoms with Crippen molar-refractivity contribution < 1.29 is 9.59 Å². The number of hydrogen-bond acceptors (Lipinski definition) is 3. The van der Waals surface area contributed by atoms with E-state index in [0.29, 0.717) is 12.8 Å². The maximum absolute atomic E-state index is 11.5. The third-order valence-corrected chi connectivity index (χ3v) is 2.57. The van der Waals surface area contributed by atoms with Crippen LogP contribution in [0, 0.1) is 0 Å². The maximum Gasteiger partial charge on any atom is 0.233 e. The minimum atomic E-state index is -0.264. The summed E-state index contributed by atoms with van der Waals surface area (Å²) < 4.78 is 0.901. The van der Waals surface area contributed by atoms with Crippen LogP contribution in [0.3, 0.4) is 0 Å². The fourth-order valence-electron chi connectivity index (χ4n) is 1.27. The molecule has 0 unspecified atom stereocenters. The van der Waals surface area contributed by atoms with E-state index in [1.54, 1.807) is 6.07 Å². The van der Waals surface area contributed by atoms with Crippen molar-refractivity contribution in [3.63, 3.8) is 0 Å². The number of amides is 2. The molecule has 0 aliphatic carbocycles. The molecule has 0 heterocycles. The Kier molecular flexibility index (Phi) is 5.65. The van der Waals surface area contributed by atoms with Crippen molar-refractivity contribution in [3.05, 3.63) is 28.7 Å². The number of benzene rings is 1. The Morgan fingerprint density at radius 3 is 2.59 bits per heavy atom. The Labute approximate surface area is 108 Å². The van der Waals surface area contributed by atoms with Gasteiger partial charge in [0, 0.05) is 23.0 Å². The second kappa shape index (κ2) is 7.03. The summed E-state index contributed by atoms with van der Waals surface area (Å²) >= 11 is 3.32. The summed E-state index contributed by atoms with van der Waals surface area (Å²) in [5.41, 5.74) is 2.75. The average Bonchev–Trinajstić information content (AvgIpc) is 2.28. The summed E-state index contributed by atoms with van der Waals surface area (Å²) in [7, 11) is 0. The lowest BCUT2D eigenvalue weighted by molar-refractivity contribution is -0.121. The van der Waals surface area contributed by atoms with E-state index in [4.69, 9.17) is 5.84 Å². The average molecular weight is 300 g/mol. The summed E-state index contributed by atoms with van der Waals surface area (Å²) in [6.07, 6.45) is 1.02. The van der Waals surface area contributed by atoms with Gasteiger partial charge in [0.25, 0.3) is 0 Å². The molecule has 92 valence electrons. The van der Waals surface area contributed by atoms with Gasteiger partial charge in [-0.3, -0.25) is 15.0 Å². The van der Waals surface area contributed by atoms with Crippen molar-refractivity contribution in [1.29, 1.82) is 0 Å². The molecular weight excluding hydrogens is 286 g/mol. The summed E-state index contributed by atoms with van der Waals surface area (Å²) in [5, 5.41) is 2.74. The lowest BCUT2D eigenvalue weighted by atomic mass is 10.2. The number of nitrogens with two attached hydrogens (primary N) is 1. The molecule has 0 atom stereocenters. The van der Waals surface area contributed by atoms with Crippen LogP contribution in [0.15, 0.2) is 28.7 Å². The molecule has 0 fully saturated rings. The van der Waals surface area contributed by atoms with Gasteiger partial charge in [0.05, 0.1) is 0 Å². The van der Waals surface area contributed by atoms with Crippen molar-refractivity contribution in [1.82, 2.24) is 5.43 Å². The highest BCUT2D eigenvalue weighted by molar-refractivity contribution is 9.10. The first-order valence-electron chi connectivity index (χ1n) is 5.16. The van der Waals surface area contributed by atoms with E-state index >= 15 is 0 Å². The van der Waals surface area contributed by atoms with Crippen LogP contribution in [0.1, 0.15) is 19.3 Å². The van der Waals surface area contributed by atoms with Gasteiger partial charge in [0.15, 0.2) is 0 Å². The number of nitrogens with one attached hydrogen (secondary N) is 2. The van der Waals surface area contributed by atoms with E-state index in [1.807, 2.05) is 23.6 Å². The largest absolute Gasteiger partial charge is 0.326 e. The molecule has 17 heavy (non-hydrogen) atoms. The van der Waals surface area contributed by atoms with Crippen LogP contribution in [0.25, 0.3) is 0 Å². The molecule has 0 aliphatic rings. The molecule has 1 aromatic rings. The fourth-order valence-corrected chi connectivity index (χ4v) is 1.67. The first kappa shape index (κ1) is 13.7. The second-order valence-corrected chi connectivity index (χ2v) is 4.40. The minimum absolute atomic E-state index is 0.118. The topological polar surface area (TPSA) is 84.2 Å². The van der Waals surface area contributed by atoms with Crippen molar-refractivity contribution in [3.8, 4) is 0 Å². The molecule has 0 radical (unpaired) electrons. The van der Waals surface area contributed by atoms with Crippen LogP contribution in [0.4, 0.5) is 5.69 Å². The van der Waals surface area contributed by atoms with Gasteiger partial charge >= 0.3 is 0 Å². The fraction of sp³-hybridized carbons (Fsp3) is 0.273. The van der Waals surface area contributed by atoms with Gasteiger partial charge in [-0.05, 0) is 24.6 Å². The molecule has 1 rings (SSSR count). The lowest BCUT2D eigenvalue weighted by Crippen LogP contribution is -2.29. The lowest BCUT2D eigenvalue weighted by Gasteiger charge is -2.05. The summed E-state index contributed by atoms with van der Waals surface area (Å²) in [6, 6.07) is 7.32. The third kappa shape index (κ3) is 5.46. The normalized spacial score (nSPS) is 9.76. The van der Waals surface area contributed by atoms with Gasteiger partial charge in [-0.25, -0.2) is 5.84 Å².